The van der Waals surface area contributed by atoms with Crippen LogP contribution in [0.15, 0.2) is 24.3 Å². The highest BCUT2D eigenvalue weighted by molar-refractivity contribution is 5.94. The second-order valence-corrected chi connectivity index (χ2v) is 5.34. The van der Waals surface area contributed by atoms with Crippen molar-refractivity contribution >= 4 is 11.9 Å². The van der Waals surface area contributed by atoms with E-state index >= 15 is 0 Å². The number of rotatable bonds is 5. The maximum absolute atomic E-state index is 13.2. The van der Waals surface area contributed by atoms with Gasteiger partial charge in [0.15, 0.2) is 0 Å². The third-order valence-electron chi connectivity index (χ3n) is 3.42. The molecule has 0 aliphatic carbocycles. The molecular formula is C15H19FN2O4. The van der Waals surface area contributed by atoms with Crippen molar-refractivity contribution in [1.29, 1.82) is 0 Å². The SMILES string of the molecule is CN(CC(=O)O)CC1CN(C(=O)c2cccc(F)c2)CCO1. The fourth-order valence-corrected chi connectivity index (χ4v) is 2.46. The van der Waals surface area contributed by atoms with Gasteiger partial charge in [-0.3, -0.25) is 14.5 Å². The van der Waals surface area contributed by atoms with Crippen molar-refractivity contribution in [3.8, 4) is 0 Å². The van der Waals surface area contributed by atoms with Crippen LogP contribution >= 0.6 is 0 Å². The molecule has 0 saturated carbocycles. The van der Waals surface area contributed by atoms with Crippen molar-refractivity contribution in [3.63, 3.8) is 0 Å². The Balaban J connectivity index is 1.95. The van der Waals surface area contributed by atoms with E-state index in [1.165, 1.54) is 18.2 Å². The maximum Gasteiger partial charge on any atom is 0.317 e. The topological polar surface area (TPSA) is 70.1 Å². The van der Waals surface area contributed by atoms with Crippen LogP contribution in [0.5, 0.6) is 0 Å². The second kappa shape index (κ2) is 7.33. The van der Waals surface area contributed by atoms with Crippen LogP contribution in [0.3, 0.4) is 0 Å². The van der Waals surface area contributed by atoms with Gasteiger partial charge in [0, 0.05) is 25.2 Å². The number of ether oxygens (including phenoxy) is 1. The number of likely N-dealkylation sites (N-methyl/N-ethyl adjacent to an activating group) is 1. The number of aliphatic carboxylic acids is 1. The van der Waals surface area contributed by atoms with Crippen molar-refractivity contribution in [1.82, 2.24) is 9.80 Å². The van der Waals surface area contributed by atoms with Crippen molar-refractivity contribution in [2.45, 2.75) is 6.10 Å². The van der Waals surface area contributed by atoms with Crippen LogP contribution in [-0.4, -0.2) is 72.7 Å². The van der Waals surface area contributed by atoms with Gasteiger partial charge in [-0.25, -0.2) is 4.39 Å². The van der Waals surface area contributed by atoms with E-state index in [9.17, 15) is 14.0 Å². The zero-order valence-corrected chi connectivity index (χ0v) is 12.4. The molecule has 1 unspecified atom stereocenters. The summed E-state index contributed by atoms with van der Waals surface area (Å²) in [5.74, 6) is -1.60. The van der Waals surface area contributed by atoms with Crippen molar-refractivity contribution in [3.05, 3.63) is 35.6 Å². The van der Waals surface area contributed by atoms with E-state index in [-0.39, 0.29) is 18.6 Å². The Labute approximate surface area is 128 Å². The van der Waals surface area contributed by atoms with Crippen LogP contribution in [0.1, 0.15) is 10.4 Å². The average Bonchev–Trinajstić information content (AvgIpc) is 2.45. The molecular weight excluding hydrogens is 291 g/mol. The Morgan fingerprint density at radius 2 is 2.27 bits per heavy atom. The van der Waals surface area contributed by atoms with Gasteiger partial charge >= 0.3 is 5.97 Å². The summed E-state index contributed by atoms with van der Waals surface area (Å²) in [4.78, 5) is 26.3. The van der Waals surface area contributed by atoms with Gasteiger partial charge < -0.3 is 14.7 Å². The number of morpholine rings is 1. The second-order valence-electron chi connectivity index (χ2n) is 5.34. The zero-order valence-electron chi connectivity index (χ0n) is 12.4. The molecule has 0 radical (unpaired) electrons. The molecule has 22 heavy (non-hydrogen) atoms. The summed E-state index contributed by atoms with van der Waals surface area (Å²) in [5, 5.41) is 8.75. The molecule has 7 heteroatoms. The van der Waals surface area contributed by atoms with Gasteiger partial charge in [-0.05, 0) is 25.2 Å². The average molecular weight is 310 g/mol. The van der Waals surface area contributed by atoms with E-state index in [1.807, 2.05) is 0 Å². The van der Waals surface area contributed by atoms with Gasteiger partial charge in [-0.1, -0.05) is 6.07 Å². The van der Waals surface area contributed by atoms with Crippen molar-refractivity contribution in [2.75, 3.05) is 39.8 Å². The Kier molecular flexibility index (Phi) is 5.46. The van der Waals surface area contributed by atoms with Crippen LogP contribution in [-0.2, 0) is 9.53 Å². The van der Waals surface area contributed by atoms with Gasteiger partial charge in [0.25, 0.3) is 5.91 Å². The molecule has 0 bridgehead atoms. The van der Waals surface area contributed by atoms with Gasteiger partial charge in [-0.15, -0.1) is 0 Å². The highest BCUT2D eigenvalue weighted by Crippen LogP contribution is 2.12. The molecule has 0 aromatic heterocycles. The number of halogens is 1. The first-order valence-corrected chi connectivity index (χ1v) is 7.02. The van der Waals surface area contributed by atoms with E-state index in [0.29, 0.717) is 31.8 Å². The first-order chi connectivity index (χ1) is 10.5. The molecule has 120 valence electrons. The fourth-order valence-electron chi connectivity index (χ4n) is 2.46. The highest BCUT2D eigenvalue weighted by Gasteiger charge is 2.26. The van der Waals surface area contributed by atoms with Gasteiger partial charge in [0.1, 0.15) is 5.82 Å². The molecule has 1 aromatic rings. The van der Waals surface area contributed by atoms with E-state index in [2.05, 4.69) is 0 Å². The summed E-state index contributed by atoms with van der Waals surface area (Å²) in [5.41, 5.74) is 0.305. The normalized spacial score (nSPS) is 18.5. The third-order valence-corrected chi connectivity index (χ3v) is 3.42. The van der Waals surface area contributed by atoms with Gasteiger partial charge in [-0.2, -0.15) is 0 Å². The number of benzene rings is 1. The molecule has 6 nitrogen and oxygen atoms in total. The first-order valence-electron chi connectivity index (χ1n) is 7.02. The molecule has 1 heterocycles. The first kappa shape index (κ1) is 16.4. The lowest BCUT2D eigenvalue weighted by Gasteiger charge is -2.34. The van der Waals surface area contributed by atoms with Gasteiger partial charge in [0.2, 0.25) is 0 Å². The summed E-state index contributed by atoms with van der Waals surface area (Å²) in [7, 11) is 1.69. The molecule has 1 atom stereocenters. The van der Waals surface area contributed by atoms with Gasteiger partial charge in [0.05, 0.1) is 19.3 Å². The minimum Gasteiger partial charge on any atom is -0.480 e. The molecule has 1 N–H and O–H groups in total. The van der Waals surface area contributed by atoms with E-state index in [1.54, 1.807) is 22.9 Å². The van der Waals surface area contributed by atoms with Crippen molar-refractivity contribution < 1.29 is 23.8 Å². The molecule has 1 fully saturated rings. The lowest BCUT2D eigenvalue weighted by molar-refractivity contribution is -0.138. The minimum atomic E-state index is -0.911. The number of hydrogen-bond donors (Lipinski definition) is 1. The van der Waals surface area contributed by atoms with E-state index < -0.39 is 11.8 Å². The quantitative estimate of drug-likeness (QED) is 0.866. The highest BCUT2D eigenvalue weighted by atomic mass is 19.1. The van der Waals surface area contributed by atoms with Crippen LogP contribution < -0.4 is 0 Å². The molecule has 1 saturated heterocycles. The number of carbonyl (C=O) groups is 2. The zero-order chi connectivity index (χ0) is 16.1. The number of carboxylic acid groups (broad SMARTS) is 1. The van der Waals surface area contributed by atoms with E-state index in [4.69, 9.17) is 9.84 Å². The number of carboxylic acids is 1. The Bertz CT molecular complexity index is 552. The van der Waals surface area contributed by atoms with Crippen LogP contribution in [0, 0.1) is 5.82 Å². The smallest absolute Gasteiger partial charge is 0.317 e. The predicted molar refractivity (Wildman–Crippen MR) is 77.2 cm³/mol. The number of hydrogen-bond acceptors (Lipinski definition) is 4. The molecule has 2 rings (SSSR count). The van der Waals surface area contributed by atoms with Crippen molar-refractivity contribution in [2.24, 2.45) is 0 Å². The Morgan fingerprint density at radius 1 is 1.50 bits per heavy atom. The molecule has 1 aliphatic rings. The van der Waals surface area contributed by atoms with Crippen LogP contribution in [0.2, 0.25) is 0 Å². The largest absolute Gasteiger partial charge is 0.480 e. The number of amides is 1. The van der Waals surface area contributed by atoms with E-state index in [0.717, 1.165) is 0 Å². The predicted octanol–water partition coefficient (Wildman–Crippen LogP) is 0.683. The Morgan fingerprint density at radius 3 is 2.95 bits per heavy atom. The summed E-state index contributed by atoms with van der Waals surface area (Å²) in [6, 6.07) is 5.58. The molecule has 1 aromatic carbocycles. The Hall–Kier alpha value is -1.99. The molecule has 1 aliphatic heterocycles. The standard InChI is InChI=1S/C15H19FN2O4/c1-17(10-14(19)20)8-13-9-18(5-6-22-13)15(21)11-3-2-4-12(16)7-11/h2-4,7,13H,5-6,8-10H2,1H3,(H,19,20). The van der Waals surface area contributed by atoms with Crippen LogP contribution in [0.25, 0.3) is 0 Å². The summed E-state index contributed by atoms with van der Waals surface area (Å²) >= 11 is 0. The lowest BCUT2D eigenvalue weighted by atomic mass is 10.1. The number of carbonyl (C=O) groups excluding carboxylic acids is 1. The molecule has 1 amide bonds. The summed E-state index contributed by atoms with van der Waals surface area (Å²) < 4.78 is 18.8. The fraction of sp³-hybridized carbons (Fsp3) is 0.467. The third kappa shape index (κ3) is 4.51. The summed E-state index contributed by atoms with van der Waals surface area (Å²) in [6.07, 6.45) is -0.254. The maximum atomic E-state index is 13.2. The monoisotopic (exact) mass is 310 g/mol. The number of nitrogens with zero attached hydrogens (tertiary/aromatic N) is 2. The molecule has 0 spiro atoms. The lowest BCUT2D eigenvalue weighted by Crippen LogP contribution is -2.49. The minimum absolute atomic E-state index is 0.0856. The van der Waals surface area contributed by atoms with Crippen LogP contribution in [0.4, 0.5) is 4.39 Å². The summed E-state index contributed by atoms with van der Waals surface area (Å²) in [6.45, 7) is 1.51.